The van der Waals surface area contributed by atoms with Gasteiger partial charge in [0.2, 0.25) is 5.69 Å². The number of ether oxygens (including phenoxy) is 2. The lowest BCUT2D eigenvalue weighted by Gasteiger charge is -2.10. The smallest absolute Gasteiger partial charge is 0.341 e. The second-order valence-electron chi connectivity index (χ2n) is 11.5. The minimum atomic E-state index is -0.554. The van der Waals surface area contributed by atoms with E-state index in [1.165, 1.54) is 12.4 Å². The second-order valence-corrected chi connectivity index (χ2v) is 11.5. The van der Waals surface area contributed by atoms with E-state index in [1.807, 2.05) is 61.1 Å². The molecule has 47 heavy (non-hydrogen) atoms. The Labute approximate surface area is 270 Å². The minimum Gasteiger partial charge on any atom is -0.462 e. The summed E-state index contributed by atoms with van der Waals surface area (Å²) in [6.07, 6.45) is 8.13. The van der Waals surface area contributed by atoms with Gasteiger partial charge in [-0.05, 0) is 69.2 Å². The molecule has 2 aromatic carbocycles. The lowest BCUT2D eigenvalue weighted by Crippen LogP contribution is -2.10. The van der Waals surface area contributed by atoms with Gasteiger partial charge in [0.15, 0.2) is 0 Å². The lowest BCUT2D eigenvalue weighted by atomic mass is 10.2. The third kappa shape index (κ3) is 5.94. The summed E-state index contributed by atoms with van der Waals surface area (Å²) in [4.78, 5) is 32.5. The highest BCUT2D eigenvalue weighted by atomic mass is 16.5. The van der Waals surface area contributed by atoms with Crippen LogP contribution in [0.15, 0.2) is 67.4 Å². The van der Waals surface area contributed by atoms with E-state index in [2.05, 4.69) is 43.4 Å². The fourth-order valence-electron chi connectivity index (χ4n) is 5.31. The maximum absolute atomic E-state index is 12.6. The number of nitrogens with zero attached hydrogens (tertiary/aromatic N) is 9. The number of rotatable bonds is 10. The van der Waals surface area contributed by atoms with Gasteiger partial charge < -0.3 is 18.9 Å². The average molecular weight is 630 g/mol. The summed E-state index contributed by atoms with van der Waals surface area (Å²) in [5.41, 5.74) is 4.30. The normalized spacial score (nSPS) is 11.3. The molecule has 0 amide bonds. The zero-order chi connectivity index (χ0) is 33.2. The third-order valence-electron chi connectivity index (χ3n) is 7.66. The van der Waals surface area contributed by atoms with Crippen LogP contribution in [0.5, 0.6) is 0 Å². The van der Waals surface area contributed by atoms with Gasteiger partial charge in [-0.15, -0.1) is 0 Å². The maximum atomic E-state index is 12.6. The highest BCUT2D eigenvalue weighted by Gasteiger charge is 2.18. The van der Waals surface area contributed by atoms with Gasteiger partial charge in [-0.3, -0.25) is 0 Å². The molecule has 4 aromatic heterocycles. The van der Waals surface area contributed by atoms with E-state index in [0.717, 1.165) is 16.4 Å². The van der Waals surface area contributed by atoms with Crippen LogP contribution in [0.3, 0.4) is 0 Å². The molecule has 0 bridgehead atoms. The third-order valence-corrected chi connectivity index (χ3v) is 7.66. The Hall–Kier alpha value is -6.21. The molecule has 6 rings (SSSR count). The summed E-state index contributed by atoms with van der Waals surface area (Å²) in [6, 6.07) is 11.6. The van der Waals surface area contributed by atoms with Crippen molar-refractivity contribution < 1.29 is 19.1 Å². The Bertz CT molecular complexity index is 2060. The Kier molecular flexibility index (Phi) is 8.29. The number of carbonyl (C=O) groups excluding carboxylic acids is 2. The maximum Gasteiger partial charge on any atom is 0.341 e. The van der Waals surface area contributed by atoms with Crippen molar-refractivity contribution in [2.75, 3.05) is 13.2 Å². The van der Waals surface area contributed by atoms with Crippen LogP contribution < -0.4 is 0 Å². The van der Waals surface area contributed by atoms with Crippen LogP contribution in [-0.2, 0) is 9.47 Å². The van der Waals surface area contributed by atoms with Crippen LogP contribution in [0.2, 0.25) is 0 Å². The van der Waals surface area contributed by atoms with Crippen molar-refractivity contribution in [1.82, 2.24) is 33.9 Å². The van der Waals surface area contributed by atoms with Gasteiger partial charge in [0, 0.05) is 47.3 Å². The van der Waals surface area contributed by atoms with Crippen molar-refractivity contribution in [2.24, 2.45) is 0 Å². The van der Waals surface area contributed by atoms with E-state index in [4.69, 9.17) is 22.6 Å². The van der Waals surface area contributed by atoms with E-state index in [-0.39, 0.29) is 36.4 Å². The first-order valence-electron chi connectivity index (χ1n) is 15.0. The summed E-state index contributed by atoms with van der Waals surface area (Å²) in [6.45, 7) is 23.2. The summed E-state index contributed by atoms with van der Waals surface area (Å²) in [7, 11) is 0. The average Bonchev–Trinajstić information content (AvgIpc) is 3.88. The Morgan fingerprint density at radius 3 is 1.87 bits per heavy atom. The van der Waals surface area contributed by atoms with Crippen molar-refractivity contribution in [1.29, 1.82) is 0 Å². The first kappa shape index (κ1) is 30.8. The molecule has 0 aliphatic rings. The number of carbonyl (C=O) groups is 2. The monoisotopic (exact) mass is 629 g/mol. The van der Waals surface area contributed by atoms with Gasteiger partial charge in [0.05, 0.1) is 66.2 Å². The molecule has 0 fully saturated rings. The summed E-state index contributed by atoms with van der Waals surface area (Å²) in [5, 5.41) is 14.5. The molecule has 0 atom stereocenters. The predicted molar refractivity (Wildman–Crippen MR) is 174 cm³/mol. The molecule has 0 unspecified atom stereocenters. The van der Waals surface area contributed by atoms with E-state index in [1.54, 1.807) is 21.8 Å². The molecule has 0 spiro atoms. The molecule has 0 saturated carbocycles. The number of hydrogen-bond donors (Lipinski definition) is 0. The number of benzene rings is 2. The SMILES string of the molecule is [C-]#[N+]c1cn(C(C)C)c2ccc(-n3cc(C(=O)OCCCOC(=O)c4cnn(-c5ccc6c(c5)c([N+]#[C-])nn6C(C)C)c4)cn3)cc12. The van der Waals surface area contributed by atoms with Crippen molar-refractivity contribution >= 4 is 45.2 Å². The van der Waals surface area contributed by atoms with Gasteiger partial charge in [-0.2, -0.15) is 14.9 Å². The number of aromatic nitrogens is 7. The largest absolute Gasteiger partial charge is 0.462 e. The molecule has 6 aromatic rings. The minimum absolute atomic E-state index is 0.0463. The molecule has 0 N–H and O–H groups in total. The Morgan fingerprint density at radius 2 is 1.34 bits per heavy atom. The van der Waals surface area contributed by atoms with Crippen molar-refractivity contribution in [2.45, 2.75) is 46.2 Å². The molecule has 4 heterocycles. The summed E-state index contributed by atoms with van der Waals surface area (Å²) < 4.78 is 17.7. The molecule has 0 aliphatic heterocycles. The molecular formula is C34H31N9O4. The molecule has 0 radical (unpaired) electrons. The van der Waals surface area contributed by atoms with Gasteiger partial charge in [0.25, 0.3) is 0 Å². The van der Waals surface area contributed by atoms with Gasteiger partial charge in [0.1, 0.15) is 0 Å². The van der Waals surface area contributed by atoms with E-state index in [9.17, 15) is 9.59 Å². The quantitative estimate of drug-likeness (QED) is 0.0907. The van der Waals surface area contributed by atoms with Gasteiger partial charge in [-0.25, -0.2) is 23.8 Å². The number of esters is 2. The standard InChI is InChI=1S/C34H31N9O4/c1-21(2)40-20-29(35-5)27-14-25(8-10-30(27)40)41-18-23(16-37-41)33(44)46-12-7-13-47-34(45)24-17-38-42(19-24)26-9-11-31-28(15-26)32(36-6)39-43(31)22(3)4/h8-11,14-22H,7,12-13H2,1-4H3. The Morgan fingerprint density at radius 1 is 0.766 bits per heavy atom. The number of fused-ring (bicyclic) bond motifs is 2. The molecule has 236 valence electrons. The fraction of sp³-hybridized carbons (Fsp3) is 0.265. The van der Waals surface area contributed by atoms with E-state index in [0.29, 0.717) is 34.7 Å². The van der Waals surface area contributed by atoms with Crippen molar-refractivity contribution in [3.8, 4) is 11.4 Å². The fourth-order valence-corrected chi connectivity index (χ4v) is 5.31. The van der Waals surface area contributed by atoms with Crippen LogP contribution in [0.4, 0.5) is 11.5 Å². The highest BCUT2D eigenvalue weighted by Crippen LogP contribution is 2.33. The van der Waals surface area contributed by atoms with Crippen LogP contribution in [-0.4, -0.2) is 59.1 Å². The van der Waals surface area contributed by atoms with Crippen molar-refractivity contribution in [3.63, 3.8) is 0 Å². The molecule has 0 aliphatic carbocycles. The highest BCUT2D eigenvalue weighted by molar-refractivity contribution is 5.95. The van der Waals surface area contributed by atoms with E-state index < -0.39 is 11.9 Å². The first-order chi connectivity index (χ1) is 22.7. The predicted octanol–water partition coefficient (Wildman–Crippen LogP) is 7.03. The molecule has 13 heteroatoms. The number of hydrogen-bond acceptors (Lipinski definition) is 7. The summed E-state index contributed by atoms with van der Waals surface area (Å²) in [5.74, 6) is -0.792. The molecule has 0 saturated heterocycles. The molecular weight excluding hydrogens is 598 g/mol. The first-order valence-corrected chi connectivity index (χ1v) is 15.0. The molecule has 13 nitrogen and oxygen atoms in total. The van der Waals surface area contributed by atoms with Crippen LogP contribution in [0.1, 0.15) is 66.9 Å². The van der Waals surface area contributed by atoms with E-state index >= 15 is 0 Å². The van der Waals surface area contributed by atoms with Crippen LogP contribution in [0, 0.1) is 13.1 Å². The topological polar surface area (TPSA) is 120 Å². The Balaban J connectivity index is 1.01. The van der Waals surface area contributed by atoms with Crippen LogP contribution in [0.25, 0.3) is 42.9 Å². The van der Waals surface area contributed by atoms with Gasteiger partial charge in [-0.1, -0.05) is 6.57 Å². The van der Waals surface area contributed by atoms with Gasteiger partial charge >= 0.3 is 17.8 Å². The van der Waals surface area contributed by atoms with Crippen LogP contribution >= 0.6 is 0 Å². The second kappa shape index (κ2) is 12.7. The summed E-state index contributed by atoms with van der Waals surface area (Å²) >= 11 is 0. The zero-order valence-electron chi connectivity index (χ0n) is 26.3. The van der Waals surface area contributed by atoms with Crippen molar-refractivity contribution in [3.05, 3.63) is 101 Å². The lowest BCUT2D eigenvalue weighted by molar-refractivity contribution is 0.0396. The zero-order valence-corrected chi connectivity index (χ0v) is 26.3.